The number of nitrogens with zero attached hydrogens (tertiary/aromatic N) is 2. The molecule has 0 aromatic heterocycles. The molecule has 3 rings (SSSR count). The normalized spacial score (nSPS) is 13.7. The molecule has 1 heterocycles. The third-order valence-corrected chi connectivity index (χ3v) is 5.24. The molecule has 31 heavy (non-hydrogen) atoms. The molecule has 1 aliphatic heterocycles. The van der Waals surface area contributed by atoms with Crippen molar-refractivity contribution in [2.75, 3.05) is 53.1 Å². The first-order chi connectivity index (χ1) is 15.2. The Morgan fingerprint density at radius 1 is 0.806 bits per heavy atom. The third kappa shape index (κ3) is 7.29. The number of hydrogen-bond donors (Lipinski definition) is 0. The molecule has 1 fully saturated rings. The highest BCUT2D eigenvalue weighted by molar-refractivity contribution is 5.79. The van der Waals surface area contributed by atoms with Gasteiger partial charge in [0.1, 0.15) is 24.7 Å². The van der Waals surface area contributed by atoms with E-state index in [1.807, 2.05) is 59.5 Å². The maximum absolute atomic E-state index is 12.5. The van der Waals surface area contributed by atoms with E-state index in [4.69, 9.17) is 14.2 Å². The predicted molar refractivity (Wildman–Crippen MR) is 117 cm³/mol. The Balaban J connectivity index is 1.29. The minimum Gasteiger partial charge on any atom is -0.497 e. The standard InChI is InChI=1S/C24H30N2O5/c1-29-21-10-7-20(8-11-21)9-12-23(27)25-13-15-26(16-14-25)24(28)19-30-17-18-31-22-5-3-2-4-6-22/h2-8,10-11H,9,12-19H2,1H3. The van der Waals surface area contributed by atoms with Crippen LogP contribution in [0, 0.1) is 0 Å². The van der Waals surface area contributed by atoms with Crippen LogP contribution in [0.5, 0.6) is 11.5 Å². The molecule has 166 valence electrons. The highest BCUT2D eigenvalue weighted by Crippen LogP contribution is 2.14. The second-order valence-corrected chi connectivity index (χ2v) is 7.32. The number of para-hydroxylation sites is 1. The predicted octanol–water partition coefficient (Wildman–Crippen LogP) is 2.39. The van der Waals surface area contributed by atoms with Crippen LogP contribution in [0.25, 0.3) is 0 Å². The lowest BCUT2D eigenvalue weighted by Crippen LogP contribution is -2.51. The summed E-state index contributed by atoms with van der Waals surface area (Å²) in [6.45, 7) is 2.98. The molecule has 0 N–H and O–H groups in total. The van der Waals surface area contributed by atoms with Gasteiger partial charge in [0.15, 0.2) is 0 Å². The molecule has 7 heteroatoms. The zero-order valence-corrected chi connectivity index (χ0v) is 18.0. The Morgan fingerprint density at radius 3 is 2.10 bits per heavy atom. The van der Waals surface area contributed by atoms with Gasteiger partial charge in [-0.25, -0.2) is 0 Å². The van der Waals surface area contributed by atoms with E-state index in [2.05, 4.69) is 0 Å². The zero-order chi connectivity index (χ0) is 21.9. The summed E-state index contributed by atoms with van der Waals surface area (Å²) in [5.74, 6) is 1.66. The van der Waals surface area contributed by atoms with Gasteiger partial charge in [-0.15, -0.1) is 0 Å². The van der Waals surface area contributed by atoms with E-state index in [1.54, 1.807) is 12.0 Å². The molecule has 2 aromatic rings. The van der Waals surface area contributed by atoms with Gasteiger partial charge in [0.05, 0.1) is 13.7 Å². The van der Waals surface area contributed by atoms with Crippen LogP contribution in [0.2, 0.25) is 0 Å². The number of amides is 2. The van der Waals surface area contributed by atoms with E-state index in [0.717, 1.165) is 17.1 Å². The van der Waals surface area contributed by atoms with Gasteiger partial charge in [0, 0.05) is 32.6 Å². The number of carbonyl (C=O) groups is 2. The van der Waals surface area contributed by atoms with Crippen molar-refractivity contribution in [2.24, 2.45) is 0 Å². The summed E-state index contributed by atoms with van der Waals surface area (Å²) in [4.78, 5) is 28.4. The van der Waals surface area contributed by atoms with Crippen LogP contribution < -0.4 is 9.47 Å². The number of ether oxygens (including phenoxy) is 3. The van der Waals surface area contributed by atoms with Gasteiger partial charge in [-0.3, -0.25) is 9.59 Å². The number of methoxy groups -OCH3 is 1. The first kappa shape index (κ1) is 22.6. The molecule has 0 aliphatic carbocycles. The molecule has 0 atom stereocenters. The van der Waals surface area contributed by atoms with Crippen molar-refractivity contribution in [3.63, 3.8) is 0 Å². The van der Waals surface area contributed by atoms with Crippen molar-refractivity contribution in [3.05, 3.63) is 60.2 Å². The molecule has 1 saturated heterocycles. The third-order valence-electron chi connectivity index (χ3n) is 5.24. The second kappa shape index (κ2) is 12.0. The largest absolute Gasteiger partial charge is 0.497 e. The van der Waals surface area contributed by atoms with Crippen LogP contribution in [0.1, 0.15) is 12.0 Å². The first-order valence-electron chi connectivity index (χ1n) is 10.6. The van der Waals surface area contributed by atoms with Gasteiger partial charge in [-0.05, 0) is 36.2 Å². The zero-order valence-electron chi connectivity index (χ0n) is 18.0. The van der Waals surface area contributed by atoms with Gasteiger partial charge >= 0.3 is 0 Å². The monoisotopic (exact) mass is 426 g/mol. The topological polar surface area (TPSA) is 68.3 Å². The smallest absolute Gasteiger partial charge is 0.248 e. The van der Waals surface area contributed by atoms with Crippen LogP contribution in [0.4, 0.5) is 0 Å². The van der Waals surface area contributed by atoms with E-state index >= 15 is 0 Å². The fraction of sp³-hybridized carbons (Fsp3) is 0.417. The highest BCUT2D eigenvalue weighted by Gasteiger charge is 2.23. The van der Waals surface area contributed by atoms with Crippen molar-refractivity contribution in [1.29, 1.82) is 0 Å². The van der Waals surface area contributed by atoms with Gasteiger partial charge in [0.2, 0.25) is 11.8 Å². The highest BCUT2D eigenvalue weighted by atomic mass is 16.5. The maximum atomic E-state index is 12.5. The fourth-order valence-corrected chi connectivity index (χ4v) is 3.39. The van der Waals surface area contributed by atoms with Crippen LogP contribution >= 0.6 is 0 Å². The van der Waals surface area contributed by atoms with E-state index in [1.165, 1.54) is 0 Å². The number of aryl methyl sites for hydroxylation is 1. The number of benzene rings is 2. The van der Waals surface area contributed by atoms with Gasteiger partial charge in [-0.1, -0.05) is 30.3 Å². The van der Waals surface area contributed by atoms with Crippen molar-refractivity contribution in [1.82, 2.24) is 9.80 Å². The first-order valence-corrected chi connectivity index (χ1v) is 10.6. The summed E-state index contributed by atoms with van der Waals surface area (Å²) in [6.07, 6.45) is 1.16. The molecular weight excluding hydrogens is 396 g/mol. The average Bonchev–Trinajstić information content (AvgIpc) is 2.83. The SMILES string of the molecule is COc1ccc(CCC(=O)N2CCN(C(=O)COCCOc3ccccc3)CC2)cc1. The van der Waals surface area contributed by atoms with E-state index in [9.17, 15) is 9.59 Å². The van der Waals surface area contributed by atoms with Crippen LogP contribution in [-0.4, -0.2) is 74.7 Å². The molecule has 0 saturated carbocycles. The Morgan fingerprint density at radius 2 is 1.45 bits per heavy atom. The van der Waals surface area contributed by atoms with E-state index in [0.29, 0.717) is 52.2 Å². The summed E-state index contributed by atoms with van der Waals surface area (Å²) in [5, 5.41) is 0. The molecular formula is C24H30N2O5. The van der Waals surface area contributed by atoms with Crippen molar-refractivity contribution < 1.29 is 23.8 Å². The summed E-state index contributed by atoms with van der Waals surface area (Å²) < 4.78 is 16.1. The average molecular weight is 427 g/mol. The summed E-state index contributed by atoms with van der Waals surface area (Å²) in [5.41, 5.74) is 1.11. The quantitative estimate of drug-likeness (QED) is 0.546. The minimum absolute atomic E-state index is 0.0313. The fourth-order valence-electron chi connectivity index (χ4n) is 3.39. The van der Waals surface area contributed by atoms with Crippen LogP contribution in [0.15, 0.2) is 54.6 Å². The Bertz CT molecular complexity index is 818. The number of carbonyl (C=O) groups excluding carboxylic acids is 2. The molecule has 1 aliphatic rings. The Kier molecular flexibility index (Phi) is 8.72. The van der Waals surface area contributed by atoms with Crippen LogP contribution in [-0.2, 0) is 20.7 Å². The lowest BCUT2D eigenvalue weighted by atomic mass is 10.1. The number of piperazine rings is 1. The molecule has 7 nitrogen and oxygen atoms in total. The molecule has 0 bridgehead atoms. The summed E-state index contributed by atoms with van der Waals surface area (Å²) >= 11 is 0. The Hall–Kier alpha value is -3.06. The van der Waals surface area contributed by atoms with Gasteiger partial charge < -0.3 is 24.0 Å². The van der Waals surface area contributed by atoms with Crippen molar-refractivity contribution in [3.8, 4) is 11.5 Å². The molecule has 0 radical (unpaired) electrons. The van der Waals surface area contributed by atoms with Crippen molar-refractivity contribution >= 4 is 11.8 Å². The van der Waals surface area contributed by atoms with E-state index < -0.39 is 0 Å². The molecule has 2 amide bonds. The number of rotatable bonds is 10. The molecule has 0 unspecified atom stereocenters. The Labute approximate surface area is 183 Å². The second-order valence-electron chi connectivity index (χ2n) is 7.32. The minimum atomic E-state index is -0.0509. The summed E-state index contributed by atoms with van der Waals surface area (Å²) in [7, 11) is 1.63. The van der Waals surface area contributed by atoms with Crippen LogP contribution in [0.3, 0.4) is 0 Å². The van der Waals surface area contributed by atoms with Crippen molar-refractivity contribution in [2.45, 2.75) is 12.8 Å². The van der Waals surface area contributed by atoms with E-state index in [-0.39, 0.29) is 18.4 Å². The summed E-state index contributed by atoms with van der Waals surface area (Å²) in [6, 6.07) is 17.3. The van der Waals surface area contributed by atoms with Gasteiger partial charge in [-0.2, -0.15) is 0 Å². The van der Waals surface area contributed by atoms with Gasteiger partial charge in [0.25, 0.3) is 0 Å². The molecule has 0 spiro atoms. The lowest BCUT2D eigenvalue weighted by Gasteiger charge is -2.34. The number of hydrogen-bond acceptors (Lipinski definition) is 5. The lowest BCUT2D eigenvalue weighted by molar-refractivity contribution is -0.142. The maximum Gasteiger partial charge on any atom is 0.248 e. The molecule has 2 aromatic carbocycles.